The second-order valence-electron chi connectivity index (χ2n) is 3.37. The lowest BCUT2D eigenvalue weighted by molar-refractivity contribution is 0.709. The van der Waals surface area contributed by atoms with E-state index in [0.29, 0.717) is 0 Å². The summed E-state index contributed by atoms with van der Waals surface area (Å²) in [6, 6.07) is 4.30. The average molecular weight is 207 g/mol. The van der Waals surface area contributed by atoms with Crippen LogP contribution in [-0.2, 0) is 6.42 Å². The molecule has 0 spiro atoms. The second-order valence-corrected chi connectivity index (χ2v) is 4.24. The van der Waals surface area contributed by atoms with Gasteiger partial charge in [-0.25, -0.2) is 4.98 Å². The minimum absolute atomic E-state index is 0.184. The van der Waals surface area contributed by atoms with Crippen LogP contribution in [0.5, 0.6) is 0 Å². The summed E-state index contributed by atoms with van der Waals surface area (Å²) >= 11 is 1.63. The summed E-state index contributed by atoms with van der Waals surface area (Å²) in [5.41, 5.74) is 6.99. The molecule has 0 aliphatic rings. The molecule has 2 heterocycles. The summed E-state index contributed by atoms with van der Waals surface area (Å²) < 4.78 is 2.09. The first kappa shape index (κ1) is 9.43. The highest BCUT2D eigenvalue weighted by atomic mass is 32.1. The zero-order valence-corrected chi connectivity index (χ0v) is 8.87. The Hall–Kier alpha value is -1.13. The molecule has 14 heavy (non-hydrogen) atoms. The number of aromatic nitrogens is 2. The molecule has 2 N–H and O–H groups in total. The number of hydrogen-bond donors (Lipinski definition) is 1. The lowest BCUT2D eigenvalue weighted by Gasteiger charge is -2.07. The number of nitrogens with zero attached hydrogens (tertiary/aromatic N) is 2. The molecule has 0 amide bonds. The highest BCUT2D eigenvalue weighted by Crippen LogP contribution is 2.15. The largest absolute Gasteiger partial charge is 0.328 e. The van der Waals surface area contributed by atoms with E-state index in [2.05, 4.69) is 15.6 Å². The number of nitrogens with two attached hydrogens (primary N) is 1. The fourth-order valence-corrected chi connectivity index (χ4v) is 2.09. The first-order valence-corrected chi connectivity index (χ1v) is 5.47. The molecule has 0 aliphatic heterocycles. The molecule has 0 saturated heterocycles. The smallest absolute Gasteiger partial charge is 0.193 e. The van der Waals surface area contributed by atoms with Gasteiger partial charge < -0.3 is 5.73 Å². The van der Waals surface area contributed by atoms with E-state index in [1.165, 1.54) is 5.69 Å². The van der Waals surface area contributed by atoms with Crippen LogP contribution in [0.1, 0.15) is 12.6 Å². The normalized spacial score (nSPS) is 13.0. The van der Waals surface area contributed by atoms with Crippen molar-refractivity contribution in [3.63, 3.8) is 0 Å². The molecule has 0 bridgehead atoms. The van der Waals surface area contributed by atoms with Crippen LogP contribution >= 0.6 is 11.3 Å². The summed E-state index contributed by atoms with van der Waals surface area (Å²) in [4.78, 5) is 4.27. The van der Waals surface area contributed by atoms with Gasteiger partial charge in [-0.15, -0.1) is 11.3 Å². The Kier molecular flexibility index (Phi) is 2.65. The minimum atomic E-state index is 0.184. The van der Waals surface area contributed by atoms with Gasteiger partial charge in [0.2, 0.25) is 0 Å². The van der Waals surface area contributed by atoms with E-state index in [1.807, 2.05) is 30.8 Å². The SMILES string of the molecule is CC(N)Cc1cccn1-c1nccs1. The third-order valence-corrected chi connectivity index (χ3v) is 2.76. The van der Waals surface area contributed by atoms with E-state index < -0.39 is 0 Å². The molecule has 4 heteroatoms. The van der Waals surface area contributed by atoms with E-state index in [1.54, 1.807) is 11.3 Å². The molecule has 0 fully saturated rings. The predicted molar refractivity (Wildman–Crippen MR) is 58.8 cm³/mol. The van der Waals surface area contributed by atoms with Gasteiger partial charge in [0, 0.05) is 35.9 Å². The van der Waals surface area contributed by atoms with Crippen molar-refractivity contribution >= 4 is 11.3 Å². The van der Waals surface area contributed by atoms with Gasteiger partial charge in [0.15, 0.2) is 5.13 Å². The molecule has 2 aromatic heterocycles. The molecule has 3 nitrogen and oxygen atoms in total. The van der Waals surface area contributed by atoms with Crippen LogP contribution in [0, 0.1) is 0 Å². The van der Waals surface area contributed by atoms with E-state index in [0.717, 1.165) is 11.6 Å². The lowest BCUT2D eigenvalue weighted by Crippen LogP contribution is -2.19. The van der Waals surface area contributed by atoms with E-state index >= 15 is 0 Å². The summed E-state index contributed by atoms with van der Waals surface area (Å²) in [7, 11) is 0. The highest BCUT2D eigenvalue weighted by Gasteiger charge is 2.06. The zero-order valence-electron chi connectivity index (χ0n) is 8.05. The van der Waals surface area contributed by atoms with Crippen molar-refractivity contribution in [1.29, 1.82) is 0 Å². The summed E-state index contributed by atoms with van der Waals surface area (Å²) in [5, 5.41) is 2.98. The van der Waals surface area contributed by atoms with E-state index in [4.69, 9.17) is 5.73 Å². The Balaban J connectivity index is 2.30. The second kappa shape index (κ2) is 3.94. The van der Waals surface area contributed by atoms with Crippen molar-refractivity contribution in [3.05, 3.63) is 35.6 Å². The Morgan fingerprint density at radius 1 is 1.64 bits per heavy atom. The lowest BCUT2D eigenvalue weighted by atomic mass is 10.2. The van der Waals surface area contributed by atoms with Gasteiger partial charge in [-0.2, -0.15) is 0 Å². The first-order chi connectivity index (χ1) is 6.77. The van der Waals surface area contributed by atoms with Gasteiger partial charge in [0.05, 0.1) is 0 Å². The van der Waals surface area contributed by atoms with Crippen LogP contribution in [0.3, 0.4) is 0 Å². The van der Waals surface area contributed by atoms with Gasteiger partial charge in [-0.3, -0.25) is 4.57 Å². The Morgan fingerprint density at radius 3 is 3.14 bits per heavy atom. The van der Waals surface area contributed by atoms with Gasteiger partial charge in [0.1, 0.15) is 0 Å². The fourth-order valence-electron chi connectivity index (χ4n) is 1.43. The van der Waals surface area contributed by atoms with Crippen LogP contribution in [0.4, 0.5) is 0 Å². The third kappa shape index (κ3) is 1.86. The van der Waals surface area contributed by atoms with E-state index in [-0.39, 0.29) is 6.04 Å². The molecule has 1 unspecified atom stereocenters. The number of thiazole rings is 1. The zero-order chi connectivity index (χ0) is 9.97. The van der Waals surface area contributed by atoms with Crippen molar-refractivity contribution in [3.8, 4) is 5.13 Å². The van der Waals surface area contributed by atoms with Gasteiger partial charge in [0.25, 0.3) is 0 Å². The third-order valence-electron chi connectivity index (χ3n) is 1.99. The highest BCUT2D eigenvalue weighted by molar-refractivity contribution is 7.12. The van der Waals surface area contributed by atoms with Crippen molar-refractivity contribution < 1.29 is 0 Å². The first-order valence-electron chi connectivity index (χ1n) is 4.59. The maximum atomic E-state index is 5.78. The Bertz CT molecular complexity index is 389. The molecular weight excluding hydrogens is 194 g/mol. The van der Waals surface area contributed by atoms with Crippen molar-refractivity contribution in [1.82, 2.24) is 9.55 Å². The van der Waals surface area contributed by atoms with Crippen LogP contribution in [0.2, 0.25) is 0 Å². The molecule has 2 rings (SSSR count). The van der Waals surface area contributed by atoms with Crippen LogP contribution in [0.25, 0.3) is 5.13 Å². The number of hydrogen-bond acceptors (Lipinski definition) is 3. The van der Waals surface area contributed by atoms with Crippen LogP contribution in [-0.4, -0.2) is 15.6 Å². The molecule has 0 radical (unpaired) electrons. The van der Waals surface area contributed by atoms with E-state index in [9.17, 15) is 0 Å². The summed E-state index contributed by atoms with van der Waals surface area (Å²) in [6.45, 7) is 2.01. The maximum Gasteiger partial charge on any atom is 0.193 e. The van der Waals surface area contributed by atoms with Crippen molar-refractivity contribution in [2.45, 2.75) is 19.4 Å². The Morgan fingerprint density at radius 2 is 2.50 bits per heavy atom. The van der Waals surface area contributed by atoms with Crippen LogP contribution in [0.15, 0.2) is 29.9 Å². The molecule has 0 aromatic carbocycles. The predicted octanol–water partition coefficient (Wildman–Crippen LogP) is 1.82. The molecule has 1 atom stereocenters. The monoisotopic (exact) mass is 207 g/mol. The molecule has 0 aliphatic carbocycles. The minimum Gasteiger partial charge on any atom is -0.328 e. The van der Waals surface area contributed by atoms with Crippen molar-refractivity contribution in [2.24, 2.45) is 5.73 Å². The van der Waals surface area contributed by atoms with Gasteiger partial charge in [-0.05, 0) is 19.1 Å². The van der Waals surface area contributed by atoms with Crippen molar-refractivity contribution in [2.75, 3.05) is 0 Å². The fraction of sp³-hybridized carbons (Fsp3) is 0.300. The summed E-state index contributed by atoms with van der Waals surface area (Å²) in [6.07, 6.45) is 4.72. The average Bonchev–Trinajstić information content (AvgIpc) is 2.70. The quantitative estimate of drug-likeness (QED) is 0.834. The Labute approximate surface area is 87.2 Å². The number of rotatable bonds is 3. The topological polar surface area (TPSA) is 43.8 Å². The molecule has 2 aromatic rings. The molecular formula is C10H13N3S. The standard InChI is InChI=1S/C10H13N3S/c1-8(11)7-9-3-2-5-13(9)10-12-4-6-14-10/h2-6,8H,7,11H2,1H3. The molecule has 74 valence electrons. The summed E-state index contributed by atoms with van der Waals surface area (Å²) in [5.74, 6) is 0. The van der Waals surface area contributed by atoms with Gasteiger partial charge >= 0.3 is 0 Å². The molecule has 0 saturated carbocycles. The van der Waals surface area contributed by atoms with Gasteiger partial charge in [-0.1, -0.05) is 0 Å². The maximum absolute atomic E-state index is 5.78. The van der Waals surface area contributed by atoms with Crippen LogP contribution < -0.4 is 5.73 Å².